The lowest BCUT2D eigenvalue weighted by Gasteiger charge is -2.10. The number of amides is 2. The Morgan fingerprint density at radius 1 is 1.04 bits per heavy atom. The summed E-state index contributed by atoms with van der Waals surface area (Å²) in [5, 5.41) is 8.91. The Kier molecular flexibility index (Phi) is 5.30. The Labute approximate surface area is 146 Å². The van der Waals surface area contributed by atoms with Crippen molar-refractivity contribution in [1.82, 2.24) is 20.6 Å². The van der Waals surface area contributed by atoms with Crippen molar-refractivity contribution in [3.05, 3.63) is 70.3 Å². The zero-order chi connectivity index (χ0) is 17.6. The van der Waals surface area contributed by atoms with Crippen LogP contribution in [-0.2, 0) is 13.1 Å². The fraction of sp³-hybridized carbons (Fsp3) is 0.118. The molecule has 2 amide bonds. The Bertz CT molecular complexity index is 851. The molecule has 0 bridgehead atoms. The summed E-state index contributed by atoms with van der Waals surface area (Å²) in [6.07, 6.45) is 3.12. The summed E-state index contributed by atoms with van der Waals surface area (Å²) >= 11 is 1.54. The molecular formula is C17H14F2N4OS. The van der Waals surface area contributed by atoms with Gasteiger partial charge in [-0.25, -0.2) is 13.6 Å². The van der Waals surface area contributed by atoms with Gasteiger partial charge in [-0.3, -0.25) is 9.97 Å². The molecule has 2 aromatic heterocycles. The number of benzene rings is 1. The van der Waals surface area contributed by atoms with Crippen molar-refractivity contribution in [2.45, 2.75) is 13.1 Å². The van der Waals surface area contributed by atoms with Crippen LogP contribution < -0.4 is 10.6 Å². The molecule has 3 rings (SSSR count). The highest BCUT2D eigenvalue weighted by molar-refractivity contribution is 7.08. The number of thiophene rings is 1. The number of hydrogen-bond acceptors (Lipinski definition) is 4. The highest BCUT2D eigenvalue weighted by Gasteiger charge is 2.12. The third-order valence-electron chi connectivity index (χ3n) is 3.47. The number of nitrogens with zero attached hydrogens (tertiary/aromatic N) is 2. The Hall–Kier alpha value is -2.87. The number of halogens is 2. The molecule has 0 aliphatic heterocycles. The molecule has 0 radical (unpaired) electrons. The maximum atomic E-state index is 13.5. The van der Waals surface area contributed by atoms with Gasteiger partial charge in [-0.2, -0.15) is 11.3 Å². The molecular weight excluding hydrogens is 346 g/mol. The van der Waals surface area contributed by atoms with Gasteiger partial charge in [0, 0.05) is 28.9 Å². The van der Waals surface area contributed by atoms with Crippen molar-refractivity contribution in [3.63, 3.8) is 0 Å². The molecule has 3 aromatic rings. The first kappa shape index (κ1) is 17.0. The van der Waals surface area contributed by atoms with Crippen LogP contribution in [0.2, 0.25) is 0 Å². The third kappa shape index (κ3) is 4.16. The molecule has 0 aliphatic carbocycles. The maximum Gasteiger partial charge on any atom is 0.315 e. The van der Waals surface area contributed by atoms with E-state index in [0.717, 1.165) is 17.7 Å². The highest BCUT2D eigenvalue weighted by atomic mass is 32.1. The van der Waals surface area contributed by atoms with Crippen LogP contribution in [-0.4, -0.2) is 16.0 Å². The van der Waals surface area contributed by atoms with Gasteiger partial charge in [0.05, 0.1) is 24.5 Å². The van der Waals surface area contributed by atoms with Gasteiger partial charge >= 0.3 is 6.03 Å². The Morgan fingerprint density at radius 3 is 2.48 bits per heavy atom. The topological polar surface area (TPSA) is 66.9 Å². The molecule has 25 heavy (non-hydrogen) atoms. The standard InChI is InChI=1S/C17H14F2N4OS/c18-13-2-1-3-14(19)12(13)8-22-17(24)23-9-15-16(21-6-5-20-15)11-4-7-25-10-11/h1-7,10H,8-9H2,(H2,22,23,24). The molecule has 0 saturated carbocycles. The molecule has 0 aliphatic rings. The molecule has 0 saturated heterocycles. The van der Waals surface area contributed by atoms with E-state index in [2.05, 4.69) is 20.6 Å². The van der Waals surface area contributed by atoms with E-state index in [4.69, 9.17) is 0 Å². The largest absolute Gasteiger partial charge is 0.334 e. The van der Waals surface area contributed by atoms with Gasteiger partial charge in [-0.15, -0.1) is 0 Å². The summed E-state index contributed by atoms with van der Waals surface area (Å²) in [4.78, 5) is 20.4. The van der Waals surface area contributed by atoms with Crippen molar-refractivity contribution in [2.24, 2.45) is 0 Å². The second-order valence-corrected chi connectivity index (χ2v) is 5.88. The average molecular weight is 360 g/mol. The minimum Gasteiger partial charge on any atom is -0.334 e. The molecule has 5 nitrogen and oxygen atoms in total. The van der Waals surface area contributed by atoms with Crippen LogP contribution >= 0.6 is 11.3 Å². The molecule has 2 N–H and O–H groups in total. The third-order valence-corrected chi connectivity index (χ3v) is 4.16. The van der Waals surface area contributed by atoms with Crippen LogP contribution in [0.25, 0.3) is 11.3 Å². The minimum absolute atomic E-state index is 0.143. The number of carbonyl (C=O) groups excluding carboxylic acids is 1. The monoisotopic (exact) mass is 360 g/mol. The van der Waals surface area contributed by atoms with Crippen molar-refractivity contribution in [3.8, 4) is 11.3 Å². The van der Waals surface area contributed by atoms with Crippen LogP contribution in [0, 0.1) is 11.6 Å². The van der Waals surface area contributed by atoms with Crippen molar-refractivity contribution < 1.29 is 13.6 Å². The van der Waals surface area contributed by atoms with E-state index in [-0.39, 0.29) is 18.7 Å². The summed E-state index contributed by atoms with van der Waals surface area (Å²) in [6, 6.07) is 4.92. The first-order chi connectivity index (χ1) is 12.1. The molecule has 2 heterocycles. The second-order valence-electron chi connectivity index (χ2n) is 5.10. The molecule has 0 atom stereocenters. The number of rotatable bonds is 5. The predicted octanol–water partition coefficient (Wildman–Crippen LogP) is 3.48. The predicted molar refractivity (Wildman–Crippen MR) is 90.8 cm³/mol. The molecule has 1 aromatic carbocycles. The molecule has 128 valence electrons. The number of aromatic nitrogens is 2. The SMILES string of the molecule is O=C(NCc1nccnc1-c1ccsc1)NCc1c(F)cccc1F. The normalized spacial score (nSPS) is 10.5. The van der Waals surface area contributed by atoms with E-state index in [0.29, 0.717) is 11.4 Å². The Morgan fingerprint density at radius 2 is 1.76 bits per heavy atom. The van der Waals surface area contributed by atoms with Gasteiger partial charge in [-0.1, -0.05) is 6.07 Å². The second kappa shape index (κ2) is 7.80. The first-order valence-electron chi connectivity index (χ1n) is 7.42. The quantitative estimate of drug-likeness (QED) is 0.732. The van der Waals surface area contributed by atoms with E-state index < -0.39 is 17.7 Å². The smallest absolute Gasteiger partial charge is 0.315 e. The Balaban J connectivity index is 1.60. The summed E-state index contributed by atoms with van der Waals surface area (Å²) < 4.78 is 27.1. The van der Waals surface area contributed by atoms with E-state index in [1.165, 1.54) is 17.4 Å². The lowest BCUT2D eigenvalue weighted by atomic mass is 10.2. The minimum atomic E-state index is -0.700. The summed E-state index contributed by atoms with van der Waals surface area (Å²) in [7, 11) is 0. The van der Waals surface area contributed by atoms with Crippen molar-refractivity contribution in [2.75, 3.05) is 0 Å². The molecule has 8 heteroatoms. The van der Waals surface area contributed by atoms with Gasteiger partial charge in [0.25, 0.3) is 0 Å². The fourth-order valence-electron chi connectivity index (χ4n) is 2.23. The van der Waals surface area contributed by atoms with Crippen molar-refractivity contribution in [1.29, 1.82) is 0 Å². The molecule has 0 spiro atoms. The average Bonchev–Trinajstić information content (AvgIpc) is 3.14. The number of nitrogens with one attached hydrogen (secondary N) is 2. The van der Waals surface area contributed by atoms with Crippen LogP contribution in [0.15, 0.2) is 47.4 Å². The zero-order valence-electron chi connectivity index (χ0n) is 13.0. The lowest BCUT2D eigenvalue weighted by Crippen LogP contribution is -2.35. The highest BCUT2D eigenvalue weighted by Crippen LogP contribution is 2.22. The van der Waals surface area contributed by atoms with Gasteiger partial charge in [0.15, 0.2) is 0 Å². The summed E-state index contributed by atoms with van der Waals surface area (Å²) in [6.45, 7) is -0.104. The van der Waals surface area contributed by atoms with Gasteiger partial charge in [0.1, 0.15) is 11.6 Å². The van der Waals surface area contributed by atoms with Crippen LogP contribution in [0.1, 0.15) is 11.3 Å². The summed E-state index contributed by atoms with van der Waals surface area (Å²) in [5.74, 6) is -1.40. The van der Waals surface area contributed by atoms with Gasteiger partial charge in [-0.05, 0) is 23.6 Å². The number of urea groups is 1. The maximum absolute atomic E-state index is 13.5. The first-order valence-corrected chi connectivity index (χ1v) is 8.36. The van der Waals surface area contributed by atoms with E-state index in [9.17, 15) is 13.6 Å². The summed E-state index contributed by atoms with van der Waals surface area (Å²) in [5.41, 5.74) is 2.03. The molecule has 0 fully saturated rings. The van der Waals surface area contributed by atoms with E-state index in [1.54, 1.807) is 12.4 Å². The molecule has 0 unspecified atom stereocenters. The van der Waals surface area contributed by atoms with Crippen molar-refractivity contribution >= 4 is 17.4 Å². The van der Waals surface area contributed by atoms with E-state index >= 15 is 0 Å². The van der Waals surface area contributed by atoms with Gasteiger partial charge < -0.3 is 10.6 Å². The van der Waals surface area contributed by atoms with E-state index in [1.807, 2.05) is 16.8 Å². The van der Waals surface area contributed by atoms with Crippen LogP contribution in [0.4, 0.5) is 13.6 Å². The van der Waals surface area contributed by atoms with Crippen LogP contribution in [0.5, 0.6) is 0 Å². The number of hydrogen-bond donors (Lipinski definition) is 2. The lowest BCUT2D eigenvalue weighted by molar-refractivity contribution is 0.239. The van der Waals surface area contributed by atoms with Gasteiger partial charge in [0.2, 0.25) is 0 Å². The van der Waals surface area contributed by atoms with Crippen LogP contribution in [0.3, 0.4) is 0 Å². The zero-order valence-corrected chi connectivity index (χ0v) is 13.8. The fourth-order valence-corrected chi connectivity index (χ4v) is 2.87. The number of carbonyl (C=O) groups is 1.